The summed E-state index contributed by atoms with van der Waals surface area (Å²) in [5, 5.41) is 0. The summed E-state index contributed by atoms with van der Waals surface area (Å²) in [6.45, 7) is 6.71. The van der Waals surface area contributed by atoms with Crippen molar-refractivity contribution in [2.75, 3.05) is 5.73 Å². The monoisotopic (exact) mass is 233 g/mol. The molecule has 2 rings (SSSR count). The number of hydrogen-bond acceptors (Lipinski definition) is 2. The van der Waals surface area contributed by atoms with Crippen LogP contribution in [-0.2, 0) is 0 Å². The van der Waals surface area contributed by atoms with Crippen molar-refractivity contribution in [3.8, 4) is 5.75 Å². The second kappa shape index (κ2) is 4.99. The molecular weight excluding hydrogens is 210 g/mol. The van der Waals surface area contributed by atoms with Crippen LogP contribution in [0.4, 0.5) is 5.69 Å². The summed E-state index contributed by atoms with van der Waals surface area (Å²) < 4.78 is 6.11. The average molecular weight is 233 g/mol. The van der Waals surface area contributed by atoms with Crippen LogP contribution in [0.1, 0.15) is 38.7 Å². The molecule has 2 heteroatoms. The summed E-state index contributed by atoms with van der Waals surface area (Å²) in [6.07, 6.45) is 3.90. The summed E-state index contributed by atoms with van der Waals surface area (Å²) in [5.41, 5.74) is 7.87. The maximum absolute atomic E-state index is 6.11. The number of aryl methyl sites for hydroxylation is 1. The predicted octanol–water partition coefficient (Wildman–Crippen LogP) is 3.78. The third-order valence-corrected chi connectivity index (χ3v) is 4.08. The molecule has 0 saturated heterocycles. The SMILES string of the molecule is Cc1cccc(N)c1OC1CCC(C)C(C)C1. The van der Waals surface area contributed by atoms with Gasteiger partial charge in [-0.2, -0.15) is 0 Å². The maximum atomic E-state index is 6.11. The van der Waals surface area contributed by atoms with Gasteiger partial charge in [-0.05, 0) is 49.7 Å². The molecule has 3 unspecified atom stereocenters. The zero-order valence-corrected chi connectivity index (χ0v) is 11.1. The Morgan fingerprint density at radius 1 is 1.18 bits per heavy atom. The van der Waals surface area contributed by atoms with Gasteiger partial charge in [0.2, 0.25) is 0 Å². The van der Waals surface area contributed by atoms with Crippen LogP contribution >= 0.6 is 0 Å². The lowest BCUT2D eigenvalue weighted by Crippen LogP contribution is -2.29. The highest BCUT2D eigenvalue weighted by Crippen LogP contribution is 2.34. The fourth-order valence-electron chi connectivity index (χ4n) is 2.61. The largest absolute Gasteiger partial charge is 0.488 e. The van der Waals surface area contributed by atoms with Crippen LogP contribution in [0.25, 0.3) is 0 Å². The Hall–Kier alpha value is -1.18. The van der Waals surface area contributed by atoms with Gasteiger partial charge in [-0.15, -0.1) is 0 Å². The molecule has 1 aliphatic carbocycles. The van der Waals surface area contributed by atoms with Gasteiger partial charge in [-0.25, -0.2) is 0 Å². The van der Waals surface area contributed by atoms with Crippen molar-refractivity contribution in [3.05, 3.63) is 23.8 Å². The molecule has 2 N–H and O–H groups in total. The Morgan fingerprint density at radius 2 is 1.94 bits per heavy atom. The van der Waals surface area contributed by atoms with E-state index in [1.165, 1.54) is 6.42 Å². The first-order valence-corrected chi connectivity index (χ1v) is 6.59. The molecule has 0 radical (unpaired) electrons. The van der Waals surface area contributed by atoms with Gasteiger partial charge in [0.15, 0.2) is 0 Å². The van der Waals surface area contributed by atoms with E-state index in [2.05, 4.69) is 26.8 Å². The second-order valence-corrected chi connectivity index (χ2v) is 5.50. The minimum absolute atomic E-state index is 0.338. The molecule has 1 aromatic carbocycles. The molecule has 1 fully saturated rings. The van der Waals surface area contributed by atoms with Crippen LogP contribution in [-0.4, -0.2) is 6.10 Å². The van der Waals surface area contributed by atoms with Crippen LogP contribution in [0.5, 0.6) is 5.75 Å². The van der Waals surface area contributed by atoms with Crippen LogP contribution < -0.4 is 10.5 Å². The van der Waals surface area contributed by atoms with Gasteiger partial charge in [0, 0.05) is 0 Å². The molecule has 0 bridgehead atoms. The van der Waals surface area contributed by atoms with Gasteiger partial charge in [0.25, 0.3) is 0 Å². The highest BCUT2D eigenvalue weighted by atomic mass is 16.5. The smallest absolute Gasteiger partial charge is 0.145 e. The lowest BCUT2D eigenvalue weighted by molar-refractivity contribution is 0.101. The van der Waals surface area contributed by atoms with Crippen LogP contribution in [0.3, 0.4) is 0 Å². The topological polar surface area (TPSA) is 35.2 Å². The fraction of sp³-hybridized carbons (Fsp3) is 0.600. The van der Waals surface area contributed by atoms with Crippen LogP contribution in [0, 0.1) is 18.8 Å². The lowest BCUT2D eigenvalue weighted by atomic mass is 9.80. The van der Waals surface area contributed by atoms with Gasteiger partial charge >= 0.3 is 0 Å². The van der Waals surface area contributed by atoms with Gasteiger partial charge in [0.1, 0.15) is 5.75 Å². The second-order valence-electron chi connectivity index (χ2n) is 5.50. The molecular formula is C15H23NO. The van der Waals surface area contributed by atoms with Crippen molar-refractivity contribution in [1.29, 1.82) is 0 Å². The number of hydrogen-bond donors (Lipinski definition) is 1. The number of ether oxygens (including phenoxy) is 1. The Morgan fingerprint density at radius 3 is 2.59 bits per heavy atom. The molecule has 0 aliphatic heterocycles. The van der Waals surface area contributed by atoms with Crippen LogP contribution in [0.15, 0.2) is 18.2 Å². The summed E-state index contributed by atoms with van der Waals surface area (Å²) in [4.78, 5) is 0. The lowest BCUT2D eigenvalue weighted by Gasteiger charge is -2.32. The van der Waals surface area contributed by atoms with Gasteiger partial charge in [-0.3, -0.25) is 0 Å². The van der Waals surface area contributed by atoms with Crippen molar-refractivity contribution in [2.45, 2.75) is 46.1 Å². The van der Waals surface area contributed by atoms with E-state index in [9.17, 15) is 0 Å². The Balaban J connectivity index is 2.06. The molecule has 94 valence electrons. The highest BCUT2D eigenvalue weighted by Gasteiger charge is 2.26. The van der Waals surface area contributed by atoms with E-state index >= 15 is 0 Å². The van der Waals surface area contributed by atoms with Gasteiger partial charge in [-0.1, -0.05) is 26.0 Å². The number of anilines is 1. The van der Waals surface area contributed by atoms with E-state index in [0.717, 1.165) is 41.7 Å². The first kappa shape index (κ1) is 12.3. The summed E-state index contributed by atoms with van der Waals surface area (Å²) in [6, 6.07) is 5.95. The zero-order chi connectivity index (χ0) is 12.4. The first-order valence-electron chi connectivity index (χ1n) is 6.59. The van der Waals surface area contributed by atoms with E-state index in [0.29, 0.717) is 6.10 Å². The van der Waals surface area contributed by atoms with Crippen molar-refractivity contribution >= 4 is 5.69 Å². The third kappa shape index (κ3) is 2.74. The Kier molecular flexibility index (Phi) is 3.60. The number of nitrogen functional groups attached to an aromatic ring is 1. The Bertz CT molecular complexity index is 368. The molecule has 0 spiro atoms. The predicted molar refractivity (Wildman–Crippen MR) is 72.2 cm³/mol. The number of benzene rings is 1. The van der Waals surface area contributed by atoms with E-state index in [4.69, 9.17) is 10.5 Å². The fourth-order valence-corrected chi connectivity index (χ4v) is 2.61. The summed E-state index contributed by atoms with van der Waals surface area (Å²) >= 11 is 0. The van der Waals surface area contributed by atoms with Gasteiger partial charge in [0.05, 0.1) is 11.8 Å². The Labute approximate surface area is 104 Å². The van der Waals surface area contributed by atoms with Crippen molar-refractivity contribution in [2.24, 2.45) is 11.8 Å². The maximum Gasteiger partial charge on any atom is 0.145 e. The summed E-state index contributed by atoms with van der Waals surface area (Å²) in [7, 11) is 0. The van der Waals surface area contributed by atoms with Gasteiger partial charge < -0.3 is 10.5 Å². The first-order chi connectivity index (χ1) is 8.08. The molecule has 0 amide bonds. The molecule has 3 atom stereocenters. The average Bonchev–Trinajstić information content (AvgIpc) is 2.28. The number of para-hydroxylation sites is 1. The molecule has 2 nitrogen and oxygen atoms in total. The van der Waals surface area contributed by atoms with E-state index in [1.807, 2.05) is 12.1 Å². The highest BCUT2D eigenvalue weighted by molar-refractivity contribution is 5.56. The van der Waals surface area contributed by atoms with Crippen molar-refractivity contribution < 1.29 is 4.74 Å². The number of nitrogens with two attached hydrogens (primary N) is 1. The molecule has 1 saturated carbocycles. The van der Waals surface area contributed by atoms with Crippen molar-refractivity contribution in [3.63, 3.8) is 0 Å². The number of rotatable bonds is 2. The summed E-state index contributed by atoms with van der Waals surface area (Å²) in [5.74, 6) is 2.46. The molecule has 1 aromatic rings. The van der Waals surface area contributed by atoms with Crippen molar-refractivity contribution in [1.82, 2.24) is 0 Å². The zero-order valence-electron chi connectivity index (χ0n) is 11.1. The van der Waals surface area contributed by atoms with Crippen LogP contribution in [0.2, 0.25) is 0 Å². The molecule has 1 aliphatic rings. The minimum atomic E-state index is 0.338. The molecule has 0 aromatic heterocycles. The van der Waals surface area contributed by atoms with E-state index in [-0.39, 0.29) is 0 Å². The minimum Gasteiger partial charge on any atom is -0.488 e. The van der Waals surface area contributed by atoms with E-state index in [1.54, 1.807) is 0 Å². The quantitative estimate of drug-likeness (QED) is 0.789. The third-order valence-electron chi connectivity index (χ3n) is 4.08. The molecule has 17 heavy (non-hydrogen) atoms. The standard InChI is InChI=1S/C15H23NO/c1-10-7-8-13(9-12(10)3)17-15-11(2)5-4-6-14(15)16/h4-6,10,12-13H,7-9,16H2,1-3H3. The molecule has 0 heterocycles. The van der Waals surface area contributed by atoms with E-state index < -0.39 is 0 Å². The normalized spacial score (nSPS) is 29.0.